The van der Waals surface area contributed by atoms with Gasteiger partial charge in [0.2, 0.25) is 0 Å². The standard InChI is InChI=1S/C16H17ClF3N5/c17-13-8-14(22-15(21-13)10-3-4-10)24-6-1-2-11(9-24)25-7-5-12(23-25)16(18,19)20/h5,7-8,10-11H,1-4,6,9H2. The van der Waals surface area contributed by atoms with Gasteiger partial charge in [-0.2, -0.15) is 18.3 Å². The molecule has 3 heterocycles. The highest BCUT2D eigenvalue weighted by atomic mass is 35.5. The summed E-state index contributed by atoms with van der Waals surface area (Å²) in [7, 11) is 0. The molecule has 1 saturated heterocycles. The second-order valence-electron chi connectivity index (χ2n) is 6.60. The maximum Gasteiger partial charge on any atom is 0.435 e. The lowest BCUT2D eigenvalue weighted by Gasteiger charge is -2.33. The van der Waals surface area contributed by atoms with Crippen LogP contribution >= 0.6 is 11.6 Å². The summed E-state index contributed by atoms with van der Waals surface area (Å²) >= 11 is 6.13. The SMILES string of the molecule is FC(F)(F)c1ccn(C2CCCN(c3cc(Cl)nc(C4CC4)n3)C2)n1. The molecule has 0 radical (unpaired) electrons. The molecular weight excluding hydrogens is 355 g/mol. The van der Waals surface area contributed by atoms with Crippen molar-refractivity contribution in [1.29, 1.82) is 0 Å². The number of piperidine rings is 1. The second-order valence-corrected chi connectivity index (χ2v) is 6.99. The summed E-state index contributed by atoms with van der Waals surface area (Å²) in [6.07, 6.45) is 0.778. The highest BCUT2D eigenvalue weighted by Gasteiger charge is 2.35. The summed E-state index contributed by atoms with van der Waals surface area (Å²) in [6, 6.07) is 2.62. The van der Waals surface area contributed by atoms with Gasteiger partial charge in [0.25, 0.3) is 0 Å². The molecule has 0 aromatic carbocycles. The van der Waals surface area contributed by atoms with E-state index in [9.17, 15) is 13.2 Å². The first-order valence-corrected chi connectivity index (χ1v) is 8.70. The summed E-state index contributed by atoms with van der Waals surface area (Å²) in [5, 5.41) is 4.12. The Morgan fingerprint density at radius 2 is 1.96 bits per heavy atom. The van der Waals surface area contributed by atoms with Gasteiger partial charge in [-0.05, 0) is 31.7 Å². The number of hydrogen-bond donors (Lipinski definition) is 0. The monoisotopic (exact) mass is 371 g/mol. The maximum absolute atomic E-state index is 12.8. The number of rotatable bonds is 3. The molecule has 1 saturated carbocycles. The minimum atomic E-state index is -4.42. The molecule has 1 unspecified atom stereocenters. The smallest absolute Gasteiger partial charge is 0.354 e. The van der Waals surface area contributed by atoms with Crippen molar-refractivity contribution in [3.8, 4) is 0 Å². The quantitative estimate of drug-likeness (QED) is 0.763. The largest absolute Gasteiger partial charge is 0.435 e. The van der Waals surface area contributed by atoms with Crippen LogP contribution in [0.1, 0.15) is 49.2 Å². The molecule has 0 bridgehead atoms. The minimum absolute atomic E-state index is 0.122. The van der Waals surface area contributed by atoms with Crippen LogP contribution in [0, 0.1) is 0 Å². The lowest BCUT2D eigenvalue weighted by atomic mass is 10.1. The van der Waals surface area contributed by atoms with E-state index in [2.05, 4.69) is 20.0 Å². The Kier molecular flexibility index (Phi) is 4.10. The zero-order valence-corrected chi connectivity index (χ0v) is 14.1. The first-order chi connectivity index (χ1) is 11.9. The molecule has 2 aromatic heterocycles. The molecule has 2 fully saturated rings. The van der Waals surface area contributed by atoms with Gasteiger partial charge in [0.15, 0.2) is 5.69 Å². The van der Waals surface area contributed by atoms with Crippen molar-refractivity contribution in [2.45, 2.75) is 43.8 Å². The number of alkyl halides is 3. The average Bonchev–Trinajstić information content (AvgIpc) is 3.29. The van der Waals surface area contributed by atoms with E-state index in [1.54, 1.807) is 6.07 Å². The van der Waals surface area contributed by atoms with Gasteiger partial charge in [-0.25, -0.2) is 9.97 Å². The third-order valence-corrected chi connectivity index (χ3v) is 4.83. The molecule has 5 nitrogen and oxygen atoms in total. The van der Waals surface area contributed by atoms with E-state index in [1.807, 2.05) is 0 Å². The molecular formula is C16H17ClF3N5. The molecule has 1 atom stereocenters. The number of halogens is 4. The van der Waals surface area contributed by atoms with Crippen molar-refractivity contribution in [3.05, 3.63) is 35.0 Å². The topological polar surface area (TPSA) is 46.8 Å². The van der Waals surface area contributed by atoms with Crippen LogP contribution in [0.2, 0.25) is 5.15 Å². The fraction of sp³-hybridized carbons (Fsp3) is 0.562. The van der Waals surface area contributed by atoms with Crippen LogP contribution in [0.15, 0.2) is 18.3 Å². The Balaban J connectivity index is 1.54. The summed E-state index contributed by atoms with van der Waals surface area (Å²) in [5.74, 6) is 1.90. The van der Waals surface area contributed by atoms with Gasteiger partial charge in [-0.3, -0.25) is 4.68 Å². The van der Waals surface area contributed by atoms with Crippen LogP contribution in [-0.2, 0) is 6.18 Å². The molecule has 134 valence electrons. The van der Waals surface area contributed by atoms with Gasteiger partial charge in [-0.15, -0.1) is 0 Å². The van der Waals surface area contributed by atoms with E-state index in [0.29, 0.717) is 17.6 Å². The predicted molar refractivity (Wildman–Crippen MR) is 86.7 cm³/mol. The van der Waals surface area contributed by atoms with Crippen LogP contribution in [0.3, 0.4) is 0 Å². The fourth-order valence-corrected chi connectivity index (χ4v) is 3.36. The number of hydrogen-bond acceptors (Lipinski definition) is 4. The molecule has 0 N–H and O–H groups in total. The van der Waals surface area contributed by atoms with Crippen molar-refractivity contribution < 1.29 is 13.2 Å². The first kappa shape index (κ1) is 16.6. The fourth-order valence-electron chi connectivity index (χ4n) is 3.18. The Morgan fingerprint density at radius 1 is 1.16 bits per heavy atom. The molecule has 0 amide bonds. The Morgan fingerprint density at radius 3 is 2.64 bits per heavy atom. The van der Waals surface area contributed by atoms with E-state index < -0.39 is 11.9 Å². The summed E-state index contributed by atoms with van der Waals surface area (Å²) in [4.78, 5) is 11.0. The zero-order chi connectivity index (χ0) is 17.6. The second kappa shape index (κ2) is 6.16. The van der Waals surface area contributed by atoms with Crippen LogP contribution in [0.25, 0.3) is 0 Å². The van der Waals surface area contributed by atoms with Crippen molar-refractivity contribution in [2.75, 3.05) is 18.0 Å². The normalized spacial score (nSPS) is 21.6. The molecule has 25 heavy (non-hydrogen) atoms. The van der Waals surface area contributed by atoms with E-state index in [-0.39, 0.29) is 6.04 Å². The third kappa shape index (κ3) is 3.58. The van der Waals surface area contributed by atoms with Gasteiger partial charge >= 0.3 is 6.18 Å². The Bertz CT molecular complexity index is 771. The maximum atomic E-state index is 12.8. The van der Waals surface area contributed by atoms with Crippen LogP contribution < -0.4 is 4.90 Å². The Labute approximate surface area is 147 Å². The van der Waals surface area contributed by atoms with Gasteiger partial charge < -0.3 is 4.90 Å². The molecule has 1 aliphatic carbocycles. The van der Waals surface area contributed by atoms with Crippen molar-refractivity contribution in [1.82, 2.24) is 19.7 Å². The Hall–Kier alpha value is -1.83. The van der Waals surface area contributed by atoms with Crippen molar-refractivity contribution in [3.63, 3.8) is 0 Å². The van der Waals surface area contributed by atoms with Gasteiger partial charge in [0.1, 0.15) is 16.8 Å². The lowest BCUT2D eigenvalue weighted by molar-refractivity contribution is -0.141. The zero-order valence-electron chi connectivity index (χ0n) is 13.4. The van der Waals surface area contributed by atoms with E-state index in [1.165, 1.54) is 10.9 Å². The number of aromatic nitrogens is 4. The van der Waals surface area contributed by atoms with E-state index >= 15 is 0 Å². The summed E-state index contributed by atoms with van der Waals surface area (Å²) < 4.78 is 39.7. The first-order valence-electron chi connectivity index (χ1n) is 8.32. The molecule has 1 aliphatic heterocycles. The number of nitrogens with zero attached hydrogens (tertiary/aromatic N) is 5. The van der Waals surface area contributed by atoms with E-state index in [0.717, 1.165) is 49.9 Å². The third-order valence-electron chi connectivity index (χ3n) is 4.63. The van der Waals surface area contributed by atoms with Gasteiger partial charge in [0.05, 0.1) is 6.04 Å². The predicted octanol–water partition coefficient (Wildman–Crippen LogP) is 4.06. The van der Waals surface area contributed by atoms with Gasteiger partial charge in [-0.1, -0.05) is 11.6 Å². The molecule has 2 aliphatic rings. The lowest BCUT2D eigenvalue weighted by Crippen LogP contribution is -2.37. The van der Waals surface area contributed by atoms with Crippen molar-refractivity contribution >= 4 is 17.4 Å². The minimum Gasteiger partial charge on any atom is -0.354 e. The summed E-state index contributed by atoms with van der Waals surface area (Å²) in [5.41, 5.74) is -0.856. The average molecular weight is 372 g/mol. The molecule has 2 aromatic rings. The highest BCUT2D eigenvalue weighted by Crippen LogP contribution is 2.39. The molecule has 9 heteroatoms. The van der Waals surface area contributed by atoms with E-state index in [4.69, 9.17) is 11.6 Å². The van der Waals surface area contributed by atoms with Crippen LogP contribution in [0.5, 0.6) is 0 Å². The highest BCUT2D eigenvalue weighted by molar-refractivity contribution is 6.29. The molecule has 0 spiro atoms. The number of anilines is 1. The van der Waals surface area contributed by atoms with Crippen LogP contribution in [0.4, 0.5) is 19.0 Å². The van der Waals surface area contributed by atoms with Crippen molar-refractivity contribution in [2.24, 2.45) is 0 Å². The molecule has 4 rings (SSSR count). The summed E-state index contributed by atoms with van der Waals surface area (Å²) in [6.45, 7) is 1.35. The van der Waals surface area contributed by atoms with Gasteiger partial charge in [0, 0.05) is 31.3 Å². The van der Waals surface area contributed by atoms with Crippen LogP contribution in [-0.4, -0.2) is 32.8 Å².